The molecule has 0 bridgehead atoms. The highest BCUT2D eigenvalue weighted by atomic mass is 19.4. The highest BCUT2D eigenvalue weighted by Crippen LogP contribution is 2.29. The van der Waals surface area contributed by atoms with Gasteiger partial charge in [0.15, 0.2) is 0 Å². The Hall–Kier alpha value is -1.46. The van der Waals surface area contributed by atoms with Gasteiger partial charge in [-0.1, -0.05) is 0 Å². The van der Waals surface area contributed by atoms with Gasteiger partial charge in [-0.2, -0.15) is 13.2 Å². The fourth-order valence-electron chi connectivity index (χ4n) is 0.566. The Kier molecular flexibility index (Phi) is 1.83. The van der Waals surface area contributed by atoms with Crippen LogP contribution in [0.1, 0.15) is 5.56 Å². The molecule has 1 aromatic rings. The molecule has 0 unspecified atom stereocenters. The maximum absolute atomic E-state index is 11.8. The summed E-state index contributed by atoms with van der Waals surface area (Å²) in [5, 5.41) is 8.56. The van der Waals surface area contributed by atoms with E-state index in [0.29, 0.717) is 6.07 Å². The zero-order valence-electron chi connectivity index (χ0n) is 5.55. The number of alkyl halides is 3. The Morgan fingerprint density at radius 3 is 2.42 bits per heavy atom. The summed E-state index contributed by atoms with van der Waals surface area (Å²) in [5.41, 5.74) is -2.39. The van der Waals surface area contributed by atoms with E-state index < -0.39 is 23.1 Å². The molecule has 0 aliphatic heterocycles. The maximum Gasteiger partial charge on any atom is 0.419 e. The molecule has 0 radical (unpaired) electrons. The molecule has 0 atom stereocenters. The first-order chi connectivity index (χ1) is 5.41. The highest BCUT2D eigenvalue weighted by Gasteiger charge is 2.32. The van der Waals surface area contributed by atoms with Crippen molar-refractivity contribution in [3.63, 3.8) is 0 Å². The average molecular weight is 180 g/mol. The third-order valence-corrected chi connectivity index (χ3v) is 1.12. The van der Waals surface area contributed by atoms with E-state index in [-0.39, 0.29) is 6.26 Å². The minimum absolute atomic E-state index is 0.252. The molecule has 1 aromatic heterocycles. The van der Waals surface area contributed by atoms with Gasteiger partial charge in [-0.15, -0.1) is 0 Å². The van der Waals surface area contributed by atoms with E-state index in [1.165, 1.54) is 0 Å². The molecule has 0 amide bonds. The van der Waals surface area contributed by atoms with Gasteiger partial charge in [-0.25, -0.2) is 4.79 Å². The van der Waals surface area contributed by atoms with E-state index in [1.54, 1.807) is 0 Å². The van der Waals surface area contributed by atoms with Crippen molar-refractivity contribution in [1.29, 1.82) is 0 Å². The number of hydrogen-bond acceptors (Lipinski definition) is 3. The zero-order valence-corrected chi connectivity index (χ0v) is 5.55. The van der Waals surface area contributed by atoms with Gasteiger partial charge in [-0.3, -0.25) is 0 Å². The molecule has 0 saturated carbocycles. The average Bonchev–Trinajstić information content (AvgIpc) is 1.92. The van der Waals surface area contributed by atoms with Gasteiger partial charge >= 0.3 is 11.8 Å². The van der Waals surface area contributed by atoms with Gasteiger partial charge in [0.1, 0.15) is 6.26 Å². The molecule has 0 aliphatic carbocycles. The summed E-state index contributed by atoms with van der Waals surface area (Å²) in [5.74, 6) is -1.05. The van der Waals surface area contributed by atoms with Gasteiger partial charge in [0.05, 0.1) is 5.56 Å². The number of hydrogen-bond donors (Lipinski definition) is 1. The van der Waals surface area contributed by atoms with Crippen LogP contribution in [0.3, 0.4) is 0 Å². The van der Waals surface area contributed by atoms with Crippen LogP contribution < -0.4 is 5.63 Å². The molecule has 0 aromatic carbocycles. The van der Waals surface area contributed by atoms with Crippen LogP contribution >= 0.6 is 0 Å². The van der Waals surface area contributed by atoms with Crippen LogP contribution in [-0.2, 0) is 6.18 Å². The SMILES string of the molecule is O=c1occ(C(F)(F)F)cc1O. The molecule has 12 heavy (non-hydrogen) atoms. The van der Waals surface area contributed by atoms with Gasteiger partial charge in [0, 0.05) is 6.07 Å². The Balaban J connectivity index is 3.23. The Bertz CT molecular complexity index is 339. The van der Waals surface area contributed by atoms with Gasteiger partial charge in [-0.05, 0) is 0 Å². The lowest BCUT2D eigenvalue weighted by atomic mass is 10.3. The summed E-state index contributed by atoms with van der Waals surface area (Å²) in [6.07, 6.45) is -4.36. The molecule has 1 heterocycles. The summed E-state index contributed by atoms with van der Waals surface area (Å²) in [6, 6.07) is 0.311. The second kappa shape index (κ2) is 2.54. The first-order valence-electron chi connectivity index (χ1n) is 2.80. The first-order valence-corrected chi connectivity index (χ1v) is 2.80. The molecule has 6 heteroatoms. The van der Waals surface area contributed by atoms with Crippen LogP contribution in [0.2, 0.25) is 0 Å². The standard InChI is InChI=1S/C6H3F3O3/c7-6(8,9)3-1-4(10)5(11)12-2-3/h1-2,10H. The largest absolute Gasteiger partial charge is 0.502 e. The van der Waals surface area contributed by atoms with Crippen molar-refractivity contribution < 1.29 is 22.7 Å². The highest BCUT2D eigenvalue weighted by molar-refractivity contribution is 5.22. The lowest BCUT2D eigenvalue weighted by molar-refractivity contribution is -0.138. The summed E-state index contributed by atoms with van der Waals surface area (Å²) >= 11 is 0. The molecule has 66 valence electrons. The third kappa shape index (κ3) is 1.58. The summed E-state index contributed by atoms with van der Waals surface area (Å²) in [6.45, 7) is 0. The van der Waals surface area contributed by atoms with Crippen molar-refractivity contribution >= 4 is 0 Å². The van der Waals surface area contributed by atoms with E-state index >= 15 is 0 Å². The summed E-state index contributed by atoms with van der Waals surface area (Å²) in [4.78, 5) is 10.3. The van der Waals surface area contributed by atoms with Crippen LogP contribution in [-0.4, -0.2) is 5.11 Å². The Morgan fingerprint density at radius 1 is 1.42 bits per heavy atom. The van der Waals surface area contributed by atoms with Crippen molar-refractivity contribution in [1.82, 2.24) is 0 Å². The molecule has 0 fully saturated rings. The number of halogens is 3. The minimum Gasteiger partial charge on any atom is -0.502 e. The molecule has 1 N–H and O–H groups in total. The van der Waals surface area contributed by atoms with Gasteiger partial charge in [0.2, 0.25) is 5.75 Å². The Morgan fingerprint density at radius 2 is 2.00 bits per heavy atom. The van der Waals surface area contributed by atoms with Gasteiger partial charge < -0.3 is 9.52 Å². The lowest BCUT2D eigenvalue weighted by Gasteiger charge is -2.03. The predicted molar refractivity (Wildman–Crippen MR) is 31.6 cm³/mol. The minimum atomic E-state index is -4.62. The topological polar surface area (TPSA) is 50.4 Å². The van der Waals surface area contributed by atoms with Crippen LogP contribution in [0.4, 0.5) is 13.2 Å². The summed E-state index contributed by atoms with van der Waals surface area (Å²) < 4.78 is 39.4. The summed E-state index contributed by atoms with van der Waals surface area (Å²) in [7, 11) is 0. The monoisotopic (exact) mass is 180 g/mol. The fraction of sp³-hybridized carbons (Fsp3) is 0.167. The Labute approximate surface area is 64.1 Å². The molecule has 0 spiro atoms. The zero-order chi connectivity index (χ0) is 9.35. The van der Waals surface area contributed by atoms with Crippen molar-refractivity contribution in [2.45, 2.75) is 6.18 Å². The van der Waals surface area contributed by atoms with E-state index in [4.69, 9.17) is 5.11 Å². The molecule has 0 aliphatic rings. The number of aromatic hydroxyl groups is 1. The number of rotatable bonds is 0. The van der Waals surface area contributed by atoms with Crippen LogP contribution in [0, 0.1) is 0 Å². The van der Waals surface area contributed by atoms with E-state index in [2.05, 4.69) is 4.42 Å². The first kappa shape index (κ1) is 8.63. The molecule has 3 nitrogen and oxygen atoms in total. The van der Waals surface area contributed by atoms with Crippen LogP contribution in [0.25, 0.3) is 0 Å². The third-order valence-electron chi connectivity index (χ3n) is 1.12. The fourth-order valence-corrected chi connectivity index (χ4v) is 0.566. The smallest absolute Gasteiger partial charge is 0.419 e. The maximum atomic E-state index is 11.8. The van der Waals surface area contributed by atoms with Crippen molar-refractivity contribution in [3.05, 3.63) is 28.3 Å². The molecular weight excluding hydrogens is 177 g/mol. The van der Waals surface area contributed by atoms with E-state index in [1.807, 2.05) is 0 Å². The van der Waals surface area contributed by atoms with Crippen molar-refractivity contribution in [2.75, 3.05) is 0 Å². The quantitative estimate of drug-likeness (QED) is 0.655. The van der Waals surface area contributed by atoms with Crippen LogP contribution in [0.15, 0.2) is 21.5 Å². The van der Waals surface area contributed by atoms with E-state index in [0.717, 1.165) is 0 Å². The molecular formula is C6H3F3O3. The molecule has 1 rings (SSSR count). The van der Waals surface area contributed by atoms with Crippen molar-refractivity contribution in [2.24, 2.45) is 0 Å². The van der Waals surface area contributed by atoms with Gasteiger partial charge in [0.25, 0.3) is 0 Å². The van der Waals surface area contributed by atoms with Crippen molar-refractivity contribution in [3.8, 4) is 5.75 Å². The second-order valence-corrected chi connectivity index (χ2v) is 2.01. The lowest BCUT2D eigenvalue weighted by Crippen LogP contribution is -2.07. The molecule has 0 saturated heterocycles. The van der Waals surface area contributed by atoms with Crippen LogP contribution in [0.5, 0.6) is 5.75 Å². The van der Waals surface area contributed by atoms with E-state index in [9.17, 15) is 18.0 Å². The normalized spacial score (nSPS) is 11.6. The predicted octanol–water partition coefficient (Wildman–Crippen LogP) is 1.36. The second-order valence-electron chi connectivity index (χ2n) is 2.01.